The summed E-state index contributed by atoms with van der Waals surface area (Å²) in [5.74, 6) is -0.387. The van der Waals surface area contributed by atoms with Gasteiger partial charge in [0.2, 0.25) is 0 Å². The Bertz CT molecular complexity index is 357. The largest absolute Gasteiger partial charge is 0.344 e. The molecule has 0 saturated carbocycles. The van der Waals surface area contributed by atoms with Crippen LogP contribution < -0.4 is 0 Å². The maximum absolute atomic E-state index is 6.19. The third-order valence-electron chi connectivity index (χ3n) is 3.79. The molecule has 2 nitrogen and oxygen atoms in total. The summed E-state index contributed by atoms with van der Waals surface area (Å²) in [7, 11) is 0. The van der Waals surface area contributed by atoms with Crippen LogP contribution in [0, 0.1) is 6.92 Å². The van der Waals surface area contributed by atoms with Crippen molar-refractivity contribution in [3.63, 3.8) is 0 Å². The van der Waals surface area contributed by atoms with E-state index in [-0.39, 0.29) is 18.0 Å². The molecule has 2 atom stereocenters. The van der Waals surface area contributed by atoms with Gasteiger partial charge in [-0.1, -0.05) is 51.1 Å². The molecule has 0 unspecified atom stereocenters. The first-order valence-electron chi connectivity index (χ1n) is 6.92. The summed E-state index contributed by atoms with van der Waals surface area (Å²) >= 11 is 0. The van der Waals surface area contributed by atoms with Crippen LogP contribution in [0.15, 0.2) is 30.3 Å². The smallest absolute Gasteiger partial charge is 0.168 e. The van der Waals surface area contributed by atoms with E-state index in [0.717, 1.165) is 25.7 Å². The summed E-state index contributed by atoms with van der Waals surface area (Å²) in [5.41, 5.74) is 1.30. The van der Waals surface area contributed by atoms with Crippen molar-refractivity contribution in [1.82, 2.24) is 0 Å². The van der Waals surface area contributed by atoms with Gasteiger partial charge in [0.1, 0.15) is 0 Å². The Morgan fingerprint density at radius 1 is 1.06 bits per heavy atom. The van der Waals surface area contributed by atoms with Gasteiger partial charge in [-0.15, -0.1) is 0 Å². The van der Waals surface area contributed by atoms with Crippen molar-refractivity contribution in [1.29, 1.82) is 0 Å². The molecule has 0 aromatic heterocycles. The molecular weight excluding hydrogens is 224 g/mol. The Labute approximate surface area is 110 Å². The summed E-state index contributed by atoms with van der Waals surface area (Å²) < 4.78 is 12.3. The van der Waals surface area contributed by atoms with Gasteiger partial charge in [0.15, 0.2) is 5.79 Å². The molecule has 1 aliphatic rings. The molecule has 1 radical (unpaired) electrons. The lowest BCUT2D eigenvalue weighted by Crippen LogP contribution is -2.29. The second kappa shape index (κ2) is 5.85. The van der Waals surface area contributed by atoms with Gasteiger partial charge in [-0.05, 0) is 24.8 Å². The van der Waals surface area contributed by atoms with Gasteiger partial charge in [0, 0.05) is 6.42 Å². The lowest BCUT2D eigenvalue weighted by atomic mass is 10.0. The third kappa shape index (κ3) is 2.76. The number of hydrogen-bond acceptors (Lipinski definition) is 2. The highest BCUT2D eigenvalue weighted by Gasteiger charge is 2.44. The van der Waals surface area contributed by atoms with Crippen LogP contribution in [-0.2, 0) is 15.9 Å². The van der Waals surface area contributed by atoms with Crippen molar-refractivity contribution in [2.24, 2.45) is 0 Å². The topological polar surface area (TPSA) is 18.5 Å². The van der Waals surface area contributed by atoms with Crippen LogP contribution in [0.1, 0.15) is 38.7 Å². The van der Waals surface area contributed by atoms with E-state index in [0.29, 0.717) is 0 Å². The summed E-state index contributed by atoms with van der Waals surface area (Å²) in [6.07, 6.45) is 3.70. The predicted octanol–water partition coefficient (Wildman–Crippen LogP) is 3.75. The van der Waals surface area contributed by atoms with E-state index in [9.17, 15) is 0 Å². The monoisotopic (exact) mass is 247 g/mol. The maximum atomic E-state index is 6.19. The van der Waals surface area contributed by atoms with E-state index < -0.39 is 0 Å². The lowest BCUT2D eigenvalue weighted by Gasteiger charge is -2.25. The first-order chi connectivity index (χ1) is 8.73. The maximum Gasteiger partial charge on any atom is 0.168 e. The molecule has 1 aromatic rings. The van der Waals surface area contributed by atoms with Gasteiger partial charge in [0.05, 0.1) is 12.2 Å². The minimum atomic E-state index is -0.387. The normalized spacial score (nSPS) is 26.4. The highest BCUT2D eigenvalue weighted by molar-refractivity contribution is 5.16. The third-order valence-corrected chi connectivity index (χ3v) is 3.79. The van der Waals surface area contributed by atoms with Gasteiger partial charge in [-0.2, -0.15) is 0 Å². The van der Waals surface area contributed by atoms with Crippen LogP contribution in [0.5, 0.6) is 0 Å². The predicted molar refractivity (Wildman–Crippen MR) is 73.2 cm³/mol. The SMILES string of the molecule is [CH2]C[C@@H]1OC(CC)(CC)O[C@H]1Cc1ccccc1. The van der Waals surface area contributed by atoms with Crippen molar-refractivity contribution in [2.75, 3.05) is 0 Å². The van der Waals surface area contributed by atoms with Gasteiger partial charge >= 0.3 is 0 Å². The van der Waals surface area contributed by atoms with E-state index in [1.807, 2.05) is 6.07 Å². The molecule has 0 bridgehead atoms. The summed E-state index contributed by atoms with van der Waals surface area (Å²) in [5, 5.41) is 0. The fourth-order valence-electron chi connectivity index (χ4n) is 2.58. The molecule has 1 heterocycles. The lowest BCUT2D eigenvalue weighted by molar-refractivity contribution is -0.178. The Morgan fingerprint density at radius 2 is 1.67 bits per heavy atom. The number of rotatable bonds is 5. The number of benzene rings is 1. The minimum Gasteiger partial charge on any atom is -0.344 e. The zero-order valence-electron chi connectivity index (χ0n) is 11.4. The highest BCUT2D eigenvalue weighted by atomic mass is 16.8. The Kier molecular flexibility index (Phi) is 4.41. The summed E-state index contributed by atoms with van der Waals surface area (Å²) in [6, 6.07) is 10.5. The average molecular weight is 247 g/mol. The van der Waals surface area contributed by atoms with Crippen molar-refractivity contribution in [2.45, 2.75) is 57.5 Å². The highest BCUT2D eigenvalue weighted by Crippen LogP contribution is 2.36. The number of hydrogen-bond donors (Lipinski definition) is 0. The molecular formula is C16H23O2. The van der Waals surface area contributed by atoms with Crippen molar-refractivity contribution in [3.8, 4) is 0 Å². The van der Waals surface area contributed by atoms with Crippen LogP contribution in [-0.4, -0.2) is 18.0 Å². The number of ether oxygens (including phenoxy) is 2. The molecule has 99 valence electrons. The molecule has 0 N–H and O–H groups in total. The second-order valence-electron chi connectivity index (χ2n) is 4.91. The second-order valence-corrected chi connectivity index (χ2v) is 4.91. The zero-order chi connectivity index (χ0) is 13.0. The fraction of sp³-hybridized carbons (Fsp3) is 0.562. The molecule has 0 spiro atoms. The van der Waals surface area contributed by atoms with Gasteiger partial charge in [-0.3, -0.25) is 0 Å². The molecule has 2 rings (SSSR count). The van der Waals surface area contributed by atoms with Gasteiger partial charge in [0.25, 0.3) is 0 Å². The fourth-order valence-corrected chi connectivity index (χ4v) is 2.58. The quantitative estimate of drug-likeness (QED) is 0.789. The van der Waals surface area contributed by atoms with E-state index in [2.05, 4.69) is 45.0 Å². The van der Waals surface area contributed by atoms with E-state index in [4.69, 9.17) is 9.47 Å². The molecule has 0 aliphatic carbocycles. The van der Waals surface area contributed by atoms with Crippen LogP contribution in [0.3, 0.4) is 0 Å². The molecule has 0 amide bonds. The van der Waals surface area contributed by atoms with E-state index in [1.54, 1.807) is 0 Å². The molecule has 1 aromatic carbocycles. The molecule has 1 aliphatic heterocycles. The standard InChI is InChI=1S/C16H23O2/c1-4-14-15(12-13-10-8-7-9-11-13)18-16(5-2,6-3)17-14/h7-11,14-15H,1,4-6,12H2,2-3H3/t14-,15-/m0/s1. The Balaban J connectivity index is 2.08. The molecule has 2 heteroatoms. The van der Waals surface area contributed by atoms with Crippen LogP contribution >= 0.6 is 0 Å². The molecule has 18 heavy (non-hydrogen) atoms. The van der Waals surface area contributed by atoms with E-state index in [1.165, 1.54) is 5.56 Å². The first-order valence-corrected chi connectivity index (χ1v) is 6.92. The van der Waals surface area contributed by atoms with Crippen molar-refractivity contribution >= 4 is 0 Å². The summed E-state index contributed by atoms with van der Waals surface area (Å²) in [4.78, 5) is 0. The van der Waals surface area contributed by atoms with Crippen molar-refractivity contribution < 1.29 is 9.47 Å². The molecule has 1 fully saturated rings. The zero-order valence-corrected chi connectivity index (χ0v) is 11.4. The van der Waals surface area contributed by atoms with E-state index >= 15 is 0 Å². The minimum absolute atomic E-state index is 0.116. The van der Waals surface area contributed by atoms with Crippen LogP contribution in [0.25, 0.3) is 0 Å². The van der Waals surface area contributed by atoms with Gasteiger partial charge in [-0.25, -0.2) is 0 Å². The van der Waals surface area contributed by atoms with Gasteiger partial charge < -0.3 is 9.47 Å². The van der Waals surface area contributed by atoms with Crippen LogP contribution in [0.4, 0.5) is 0 Å². The average Bonchev–Trinajstić information content (AvgIpc) is 2.79. The molecule has 1 saturated heterocycles. The van der Waals surface area contributed by atoms with Crippen molar-refractivity contribution in [3.05, 3.63) is 42.8 Å². The first kappa shape index (κ1) is 13.6. The Hall–Kier alpha value is -0.860. The van der Waals surface area contributed by atoms with Crippen LogP contribution in [0.2, 0.25) is 0 Å². The summed E-state index contributed by atoms with van der Waals surface area (Å²) in [6.45, 7) is 8.23. The Morgan fingerprint density at radius 3 is 2.22 bits per heavy atom.